The van der Waals surface area contributed by atoms with E-state index in [1.165, 1.54) is 19.4 Å². The third-order valence-corrected chi connectivity index (χ3v) is 7.51. The fraction of sp³-hybridized carbons (Fsp3) is 0.448. The fourth-order valence-electron chi connectivity index (χ4n) is 5.54. The number of anilines is 3. The molecule has 2 aliphatic rings. The van der Waals surface area contributed by atoms with E-state index >= 15 is 8.78 Å². The lowest BCUT2D eigenvalue weighted by Gasteiger charge is -2.35. The number of carbonyl (C=O) groups excluding carboxylic acids is 1. The molecule has 2 fully saturated rings. The van der Waals surface area contributed by atoms with Gasteiger partial charge in [0, 0.05) is 87.7 Å². The molecule has 2 aliphatic heterocycles. The third-order valence-electron chi connectivity index (χ3n) is 7.51. The van der Waals surface area contributed by atoms with Gasteiger partial charge in [-0.3, -0.25) is 9.59 Å². The number of carbonyl (C=O) groups is 1. The molecule has 1 aromatic carbocycles. The number of nitrogens with zero attached hydrogens (tertiary/aromatic N) is 5. The Morgan fingerprint density at radius 1 is 1.07 bits per heavy atom. The number of nitrogens with one attached hydrogen (secondary N) is 2. The van der Waals surface area contributed by atoms with E-state index in [2.05, 4.69) is 20.6 Å². The molecule has 3 aromatic rings. The van der Waals surface area contributed by atoms with Gasteiger partial charge in [0.1, 0.15) is 11.5 Å². The minimum absolute atomic E-state index is 0.0243. The minimum Gasteiger partial charge on any atom is -0.372 e. The summed E-state index contributed by atoms with van der Waals surface area (Å²) in [4.78, 5) is 37.7. The number of alkyl halides is 2. The Morgan fingerprint density at radius 3 is 2.37 bits per heavy atom. The van der Waals surface area contributed by atoms with Gasteiger partial charge in [0.15, 0.2) is 5.82 Å². The molecule has 2 aromatic heterocycles. The number of morpholine rings is 1. The lowest BCUT2D eigenvalue weighted by molar-refractivity contribution is -0.00572. The molecule has 0 aliphatic carbocycles. The highest BCUT2D eigenvalue weighted by molar-refractivity contribution is 6.07. The van der Waals surface area contributed by atoms with Gasteiger partial charge in [0.05, 0.1) is 29.0 Å². The van der Waals surface area contributed by atoms with Gasteiger partial charge in [0.2, 0.25) is 5.95 Å². The van der Waals surface area contributed by atoms with E-state index in [0.29, 0.717) is 44.7 Å². The normalized spacial score (nSPS) is 20.9. The number of pyridine rings is 1. The van der Waals surface area contributed by atoms with Crippen LogP contribution in [-0.2, 0) is 11.8 Å². The summed E-state index contributed by atoms with van der Waals surface area (Å²) in [5.74, 6) is -2.71. The van der Waals surface area contributed by atoms with Crippen molar-refractivity contribution < 1.29 is 27.1 Å². The number of rotatable bonds is 6. The summed E-state index contributed by atoms with van der Waals surface area (Å²) in [5, 5.41) is 5.65. The molecule has 230 valence electrons. The minimum atomic E-state index is -3.13. The average Bonchev–Trinajstić information content (AvgIpc) is 2.95. The fourth-order valence-corrected chi connectivity index (χ4v) is 5.54. The zero-order valence-corrected chi connectivity index (χ0v) is 24.2. The Balaban J connectivity index is 1.56. The molecule has 43 heavy (non-hydrogen) atoms. The molecule has 5 rings (SSSR count). The van der Waals surface area contributed by atoms with Crippen molar-refractivity contribution in [1.29, 1.82) is 0 Å². The van der Waals surface area contributed by atoms with E-state index in [-0.39, 0.29) is 35.2 Å². The van der Waals surface area contributed by atoms with Crippen LogP contribution in [0.4, 0.5) is 34.9 Å². The van der Waals surface area contributed by atoms with Gasteiger partial charge in [-0.1, -0.05) is 0 Å². The van der Waals surface area contributed by atoms with E-state index < -0.39 is 46.2 Å². The number of benzene rings is 1. The number of hydrogen-bond donors (Lipinski definition) is 2. The van der Waals surface area contributed by atoms with Gasteiger partial charge in [-0.05, 0) is 20.8 Å². The molecule has 3 atom stereocenters. The first-order chi connectivity index (χ1) is 20.4. The maximum Gasteiger partial charge on any atom is 0.264 e. The van der Waals surface area contributed by atoms with E-state index in [0.717, 1.165) is 16.8 Å². The standard InChI is InChI=1S/C29H33F4N7O3/c1-15-11-39(6-5-34-15)22-8-21(30)24(18-9-35-29(36-10-18)40-12-16(2)43-17(3)13-40)25(31)26(22)37-28(42)20-14-38(4)23(41)7-19(20)27(32)33/h7-10,14-17,27,34H,5-6,11-13H2,1-4H3,(H,37,42)/t15-,16+,17+/m0/s1. The molecular formula is C29H33F4N7O3. The van der Waals surface area contributed by atoms with Gasteiger partial charge in [-0.15, -0.1) is 0 Å². The molecule has 2 N–H and O–H groups in total. The average molecular weight is 604 g/mol. The predicted octanol–water partition coefficient (Wildman–Crippen LogP) is 3.72. The second-order valence-electron chi connectivity index (χ2n) is 11.0. The highest BCUT2D eigenvalue weighted by Gasteiger charge is 2.29. The Hall–Kier alpha value is -4.04. The molecule has 0 saturated carbocycles. The van der Waals surface area contributed by atoms with Crippen LogP contribution in [0.25, 0.3) is 11.1 Å². The maximum atomic E-state index is 16.4. The van der Waals surface area contributed by atoms with Crippen molar-refractivity contribution in [2.24, 2.45) is 7.05 Å². The second-order valence-corrected chi connectivity index (χ2v) is 11.0. The summed E-state index contributed by atoms with van der Waals surface area (Å²) in [5.41, 5.74) is -2.82. The number of aromatic nitrogens is 3. The zero-order chi connectivity index (χ0) is 31.0. The summed E-state index contributed by atoms with van der Waals surface area (Å²) in [6, 6.07) is 1.75. The quantitative estimate of drug-likeness (QED) is 0.411. The predicted molar refractivity (Wildman–Crippen MR) is 154 cm³/mol. The molecule has 14 heteroatoms. The van der Waals surface area contributed by atoms with Gasteiger partial charge in [-0.2, -0.15) is 0 Å². The van der Waals surface area contributed by atoms with Crippen molar-refractivity contribution >= 4 is 23.2 Å². The van der Waals surface area contributed by atoms with Crippen LogP contribution < -0.4 is 26.0 Å². The van der Waals surface area contributed by atoms with Crippen LogP contribution in [-0.4, -0.2) is 71.4 Å². The molecule has 0 radical (unpaired) electrons. The van der Waals surface area contributed by atoms with Crippen LogP contribution in [0.3, 0.4) is 0 Å². The first-order valence-corrected chi connectivity index (χ1v) is 14.0. The Bertz CT molecular complexity index is 1560. The monoisotopic (exact) mass is 603 g/mol. The first kappa shape index (κ1) is 30.4. The summed E-state index contributed by atoms with van der Waals surface area (Å²) >= 11 is 0. The lowest BCUT2D eigenvalue weighted by atomic mass is 10.0. The van der Waals surface area contributed by atoms with Crippen molar-refractivity contribution in [1.82, 2.24) is 19.9 Å². The van der Waals surface area contributed by atoms with Crippen LogP contribution in [0.15, 0.2) is 35.5 Å². The van der Waals surface area contributed by atoms with Crippen LogP contribution in [0.1, 0.15) is 43.1 Å². The number of aryl methyl sites for hydroxylation is 1. The summed E-state index contributed by atoms with van der Waals surface area (Å²) in [7, 11) is 1.31. The number of ether oxygens (including phenoxy) is 1. The molecular weight excluding hydrogens is 570 g/mol. The summed E-state index contributed by atoms with van der Waals surface area (Å²) in [6.07, 6.45) is 0.332. The first-order valence-electron chi connectivity index (χ1n) is 14.0. The Kier molecular flexibility index (Phi) is 8.69. The maximum absolute atomic E-state index is 16.4. The van der Waals surface area contributed by atoms with Gasteiger partial charge in [0.25, 0.3) is 17.9 Å². The van der Waals surface area contributed by atoms with Crippen molar-refractivity contribution in [3.63, 3.8) is 0 Å². The summed E-state index contributed by atoms with van der Waals surface area (Å²) < 4.78 is 66.4. The van der Waals surface area contributed by atoms with Crippen molar-refractivity contribution in [3.05, 3.63) is 63.8 Å². The van der Waals surface area contributed by atoms with Gasteiger partial charge < -0.3 is 29.7 Å². The molecule has 0 spiro atoms. The second kappa shape index (κ2) is 12.3. The van der Waals surface area contributed by atoms with Crippen LogP contribution in [0.2, 0.25) is 0 Å². The van der Waals surface area contributed by atoms with E-state index in [1.807, 2.05) is 25.7 Å². The van der Waals surface area contributed by atoms with Crippen molar-refractivity contribution in [2.75, 3.05) is 47.8 Å². The van der Waals surface area contributed by atoms with Crippen LogP contribution >= 0.6 is 0 Å². The van der Waals surface area contributed by atoms with E-state index in [9.17, 15) is 18.4 Å². The van der Waals surface area contributed by atoms with E-state index in [1.54, 1.807) is 4.90 Å². The van der Waals surface area contributed by atoms with Gasteiger partial charge >= 0.3 is 0 Å². The topological polar surface area (TPSA) is 105 Å². The number of amides is 1. The molecule has 0 bridgehead atoms. The number of hydrogen-bond acceptors (Lipinski definition) is 8. The lowest BCUT2D eigenvalue weighted by Crippen LogP contribution is -2.49. The van der Waals surface area contributed by atoms with E-state index in [4.69, 9.17) is 4.74 Å². The van der Waals surface area contributed by atoms with Crippen LogP contribution in [0.5, 0.6) is 0 Å². The van der Waals surface area contributed by atoms with Crippen molar-refractivity contribution in [3.8, 4) is 11.1 Å². The Labute approximate surface area is 245 Å². The highest BCUT2D eigenvalue weighted by Crippen LogP contribution is 2.39. The summed E-state index contributed by atoms with van der Waals surface area (Å²) in [6.45, 7) is 8.12. The molecule has 2 saturated heterocycles. The number of halogens is 4. The van der Waals surface area contributed by atoms with Crippen LogP contribution in [0, 0.1) is 11.6 Å². The zero-order valence-electron chi connectivity index (χ0n) is 24.2. The van der Waals surface area contributed by atoms with Crippen molar-refractivity contribution in [2.45, 2.75) is 45.4 Å². The highest BCUT2D eigenvalue weighted by atomic mass is 19.3. The molecule has 4 heterocycles. The Morgan fingerprint density at radius 2 is 1.74 bits per heavy atom. The molecule has 10 nitrogen and oxygen atoms in total. The molecule has 1 amide bonds. The molecule has 0 unspecified atom stereocenters. The number of piperazine rings is 1. The van der Waals surface area contributed by atoms with Gasteiger partial charge in [-0.25, -0.2) is 27.5 Å². The third kappa shape index (κ3) is 6.34. The smallest absolute Gasteiger partial charge is 0.264 e. The largest absolute Gasteiger partial charge is 0.372 e. The SMILES string of the molecule is C[C@@H]1CN(c2ncc(-c3c(F)cc(N4CCN[C@@H](C)C4)c(NC(=O)c4cn(C)c(=O)cc4C(F)F)c3F)cn2)C[C@@H](C)O1.